The average Bonchev–Trinajstić information content (AvgIpc) is 2.68. The van der Waals surface area contributed by atoms with E-state index in [0.29, 0.717) is 19.2 Å². The topological polar surface area (TPSA) is 65.1 Å². The van der Waals surface area contributed by atoms with Gasteiger partial charge < -0.3 is 15.8 Å². The van der Waals surface area contributed by atoms with Gasteiger partial charge in [-0.05, 0) is 5.41 Å². The molecule has 17 heavy (non-hydrogen) atoms. The third kappa shape index (κ3) is 2.61. The summed E-state index contributed by atoms with van der Waals surface area (Å²) >= 11 is 0. The van der Waals surface area contributed by atoms with Crippen LogP contribution in [-0.4, -0.2) is 35.5 Å². The lowest BCUT2D eigenvalue weighted by Gasteiger charge is -2.27. The van der Waals surface area contributed by atoms with E-state index in [4.69, 9.17) is 10.5 Å². The first kappa shape index (κ1) is 12.4. The highest BCUT2D eigenvalue weighted by molar-refractivity contribution is 5.32. The molecule has 0 saturated carbocycles. The lowest BCUT2D eigenvalue weighted by atomic mass is 9.89. The van der Waals surface area contributed by atoms with Crippen molar-refractivity contribution in [3.8, 4) is 5.88 Å². The summed E-state index contributed by atoms with van der Waals surface area (Å²) in [5, 5.41) is 7.75. The van der Waals surface area contributed by atoms with Crippen LogP contribution in [0.5, 0.6) is 5.88 Å². The van der Waals surface area contributed by atoms with E-state index in [9.17, 15) is 0 Å². The Morgan fingerprint density at radius 2 is 2.35 bits per heavy atom. The number of rotatable bonds is 3. The van der Waals surface area contributed by atoms with Gasteiger partial charge in [-0.2, -0.15) is 5.10 Å². The first-order valence-corrected chi connectivity index (χ1v) is 6.15. The minimum Gasteiger partial charge on any atom is -0.476 e. The van der Waals surface area contributed by atoms with E-state index in [2.05, 4.69) is 31.2 Å². The minimum atomic E-state index is 0.0745. The Kier molecular flexibility index (Phi) is 3.40. The molecule has 1 aromatic rings. The van der Waals surface area contributed by atoms with Crippen molar-refractivity contribution in [2.24, 2.45) is 5.73 Å². The molecule has 1 atom stereocenters. The van der Waals surface area contributed by atoms with Gasteiger partial charge in [0.15, 0.2) is 0 Å². The SMILES string of the molecule is CC(C)(C)c1cnn2c1OCC(NCCN)C2. The molecule has 1 unspecified atom stereocenters. The molecule has 0 fully saturated rings. The number of hydrogen-bond donors (Lipinski definition) is 2. The van der Waals surface area contributed by atoms with Crippen LogP contribution in [-0.2, 0) is 12.0 Å². The fraction of sp³-hybridized carbons (Fsp3) is 0.750. The first-order chi connectivity index (χ1) is 8.02. The number of fused-ring (bicyclic) bond motifs is 1. The predicted molar refractivity (Wildman–Crippen MR) is 67.3 cm³/mol. The highest BCUT2D eigenvalue weighted by atomic mass is 16.5. The molecule has 1 aliphatic rings. The molecule has 2 heterocycles. The maximum absolute atomic E-state index is 5.83. The Bertz CT molecular complexity index is 380. The molecule has 3 N–H and O–H groups in total. The summed E-state index contributed by atoms with van der Waals surface area (Å²) in [6.45, 7) is 9.53. The monoisotopic (exact) mass is 238 g/mol. The van der Waals surface area contributed by atoms with Crippen LogP contribution < -0.4 is 15.8 Å². The minimum absolute atomic E-state index is 0.0745. The Hall–Kier alpha value is -1.07. The molecule has 96 valence electrons. The van der Waals surface area contributed by atoms with Crippen molar-refractivity contribution in [1.82, 2.24) is 15.1 Å². The quantitative estimate of drug-likeness (QED) is 0.804. The first-order valence-electron chi connectivity index (χ1n) is 6.15. The second-order valence-electron chi connectivity index (χ2n) is 5.55. The van der Waals surface area contributed by atoms with Crippen molar-refractivity contribution in [1.29, 1.82) is 0 Å². The van der Waals surface area contributed by atoms with E-state index in [1.807, 2.05) is 10.9 Å². The van der Waals surface area contributed by atoms with Gasteiger partial charge in [0.25, 0.3) is 0 Å². The Balaban J connectivity index is 2.11. The van der Waals surface area contributed by atoms with Crippen molar-refractivity contribution >= 4 is 0 Å². The molecular formula is C12H22N4O. The summed E-state index contributed by atoms with van der Waals surface area (Å²) in [6, 6.07) is 0.304. The van der Waals surface area contributed by atoms with E-state index in [-0.39, 0.29) is 5.41 Å². The van der Waals surface area contributed by atoms with Crippen LogP contribution in [0.1, 0.15) is 26.3 Å². The normalized spacial score (nSPS) is 19.9. The van der Waals surface area contributed by atoms with Crippen molar-refractivity contribution in [3.05, 3.63) is 11.8 Å². The third-order valence-corrected chi connectivity index (χ3v) is 2.99. The molecule has 0 amide bonds. The highest BCUT2D eigenvalue weighted by Gasteiger charge is 2.28. The van der Waals surface area contributed by atoms with Gasteiger partial charge in [0.05, 0.1) is 18.8 Å². The van der Waals surface area contributed by atoms with Gasteiger partial charge in [-0.3, -0.25) is 0 Å². The van der Waals surface area contributed by atoms with Crippen LogP contribution in [0.3, 0.4) is 0 Å². The lowest BCUT2D eigenvalue weighted by Crippen LogP contribution is -2.44. The van der Waals surface area contributed by atoms with Gasteiger partial charge >= 0.3 is 0 Å². The van der Waals surface area contributed by atoms with Gasteiger partial charge in [0.1, 0.15) is 6.61 Å². The van der Waals surface area contributed by atoms with Crippen molar-refractivity contribution in [2.75, 3.05) is 19.7 Å². The van der Waals surface area contributed by atoms with E-state index >= 15 is 0 Å². The summed E-state index contributed by atoms with van der Waals surface area (Å²) < 4.78 is 7.77. The summed E-state index contributed by atoms with van der Waals surface area (Å²) in [4.78, 5) is 0. The number of nitrogens with one attached hydrogen (secondary N) is 1. The number of hydrogen-bond acceptors (Lipinski definition) is 4. The van der Waals surface area contributed by atoms with Crippen molar-refractivity contribution in [3.63, 3.8) is 0 Å². The van der Waals surface area contributed by atoms with E-state index in [0.717, 1.165) is 19.0 Å². The zero-order valence-corrected chi connectivity index (χ0v) is 10.9. The molecule has 0 aliphatic carbocycles. The van der Waals surface area contributed by atoms with Gasteiger partial charge in [-0.15, -0.1) is 0 Å². The second kappa shape index (κ2) is 4.66. The molecule has 0 saturated heterocycles. The van der Waals surface area contributed by atoms with Crippen LogP contribution in [0.25, 0.3) is 0 Å². The van der Waals surface area contributed by atoms with Gasteiger partial charge in [-0.25, -0.2) is 4.68 Å². The Labute approximate surface area is 102 Å². The fourth-order valence-electron chi connectivity index (χ4n) is 2.02. The molecule has 5 heteroatoms. The van der Waals surface area contributed by atoms with Crippen LogP contribution in [0.2, 0.25) is 0 Å². The predicted octanol–water partition coefficient (Wildman–Crippen LogP) is 0.490. The Morgan fingerprint density at radius 3 is 3.00 bits per heavy atom. The average molecular weight is 238 g/mol. The number of ether oxygens (including phenoxy) is 1. The zero-order valence-electron chi connectivity index (χ0n) is 10.9. The number of nitrogens with zero attached hydrogens (tertiary/aromatic N) is 2. The fourth-order valence-corrected chi connectivity index (χ4v) is 2.02. The smallest absolute Gasteiger partial charge is 0.215 e. The highest BCUT2D eigenvalue weighted by Crippen LogP contribution is 2.32. The number of aromatic nitrogens is 2. The summed E-state index contributed by atoms with van der Waals surface area (Å²) in [7, 11) is 0. The molecule has 0 spiro atoms. The molecule has 1 aliphatic heterocycles. The van der Waals surface area contributed by atoms with Gasteiger partial charge in [-0.1, -0.05) is 20.8 Å². The van der Waals surface area contributed by atoms with Crippen molar-refractivity contribution in [2.45, 2.75) is 38.8 Å². The second-order valence-corrected chi connectivity index (χ2v) is 5.55. The third-order valence-electron chi connectivity index (χ3n) is 2.99. The molecule has 0 bridgehead atoms. The van der Waals surface area contributed by atoms with E-state index in [1.165, 1.54) is 5.56 Å². The Morgan fingerprint density at radius 1 is 1.59 bits per heavy atom. The maximum Gasteiger partial charge on any atom is 0.215 e. The zero-order chi connectivity index (χ0) is 12.5. The van der Waals surface area contributed by atoms with E-state index < -0.39 is 0 Å². The maximum atomic E-state index is 5.83. The van der Waals surface area contributed by atoms with Gasteiger partial charge in [0.2, 0.25) is 5.88 Å². The number of nitrogens with two attached hydrogens (primary N) is 1. The van der Waals surface area contributed by atoms with Gasteiger partial charge in [0, 0.05) is 18.7 Å². The largest absolute Gasteiger partial charge is 0.476 e. The molecule has 1 aromatic heterocycles. The standard InChI is InChI=1S/C12H22N4O/c1-12(2,3)10-6-15-16-7-9(14-5-4-13)8-17-11(10)16/h6,9,14H,4-5,7-8,13H2,1-3H3. The molecule has 5 nitrogen and oxygen atoms in total. The van der Waals surface area contributed by atoms with E-state index in [1.54, 1.807) is 0 Å². The molecular weight excluding hydrogens is 216 g/mol. The van der Waals surface area contributed by atoms with Crippen LogP contribution >= 0.6 is 0 Å². The summed E-state index contributed by atoms with van der Waals surface area (Å²) in [5.74, 6) is 0.920. The summed E-state index contributed by atoms with van der Waals surface area (Å²) in [5.41, 5.74) is 6.73. The van der Waals surface area contributed by atoms with Crippen LogP contribution in [0.4, 0.5) is 0 Å². The van der Waals surface area contributed by atoms with Crippen LogP contribution in [0, 0.1) is 0 Å². The molecule has 0 aromatic carbocycles. The van der Waals surface area contributed by atoms with Crippen LogP contribution in [0.15, 0.2) is 6.20 Å². The summed E-state index contributed by atoms with van der Waals surface area (Å²) in [6.07, 6.45) is 1.92. The molecule has 2 rings (SSSR count). The van der Waals surface area contributed by atoms with Crippen molar-refractivity contribution < 1.29 is 4.74 Å². The molecule has 0 radical (unpaired) electrons. The lowest BCUT2D eigenvalue weighted by molar-refractivity contribution is 0.181.